The van der Waals surface area contributed by atoms with E-state index < -0.39 is 35.1 Å². The molecular formula is C13H21NO7. The Kier molecular flexibility index (Phi) is 4.04. The van der Waals surface area contributed by atoms with Crippen LogP contribution in [0.25, 0.3) is 0 Å². The molecule has 21 heavy (non-hydrogen) atoms. The number of hydrogen-bond donors (Lipinski definition) is 2. The quantitative estimate of drug-likeness (QED) is 0.557. The standard InChI is InChI=1S/C13H21NO7/c15-9-6-19-12-10(9)20-7-13(12,16)11(21-14(17)18)8-4-2-1-3-5-8/h8-12,15-16H,1-7H2/t9-,10+,11?,12-,13+/m0/s1. The fourth-order valence-electron chi connectivity index (χ4n) is 3.89. The van der Waals surface area contributed by atoms with Crippen LogP contribution in [0.2, 0.25) is 0 Å². The molecule has 1 unspecified atom stereocenters. The summed E-state index contributed by atoms with van der Waals surface area (Å²) in [6.45, 7) is -0.0537. The predicted molar refractivity (Wildman–Crippen MR) is 68.9 cm³/mol. The van der Waals surface area contributed by atoms with Gasteiger partial charge in [0, 0.05) is 0 Å². The van der Waals surface area contributed by atoms with Crippen LogP contribution in [0.5, 0.6) is 0 Å². The highest BCUT2D eigenvalue weighted by Crippen LogP contribution is 2.42. The number of aliphatic hydroxyl groups is 2. The molecule has 8 nitrogen and oxygen atoms in total. The summed E-state index contributed by atoms with van der Waals surface area (Å²) >= 11 is 0. The summed E-state index contributed by atoms with van der Waals surface area (Å²) in [6, 6.07) is 0. The third-order valence-corrected chi connectivity index (χ3v) is 4.89. The van der Waals surface area contributed by atoms with Gasteiger partial charge in [-0.3, -0.25) is 0 Å². The molecule has 1 aliphatic carbocycles. The minimum Gasteiger partial charge on any atom is -0.388 e. The maximum absolute atomic E-state index is 10.9. The van der Waals surface area contributed by atoms with Gasteiger partial charge in [-0.05, 0) is 18.8 Å². The fourth-order valence-corrected chi connectivity index (χ4v) is 3.89. The van der Waals surface area contributed by atoms with Gasteiger partial charge in [-0.25, -0.2) is 0 Å². The highest BCUT2D eigenvalue weighted by molar-refractivity contribution is 5.09. The lowest BCUT2D eigenvalue weighted by molar-refractivity contribution is -0.775. The van der Waals surface area contributed by atoms with Crippen molar-refractivity contribution in [1.82, 2.24) is 0 Å². The van der Waals surface area contributed by atoms with Crippen molar-refractivity contribution >= 4 is 0 Å². The van der Waals surface area contributed by atoms with E-state index in [9.17, 15) is 20.3 Å². The Hall–Kier alpha value is -0.960. The van der Waals surface area contributed by atoms with E-state index in [1.54, 1.807) is 0 Å². The summed E-state index contributed by atoms with van der Waals surface area (Å²) in [6.07, 6.45) is 1.38. The maximum Gasteiger partial charge on any atom is 0.294 e. The summed E-state index contributed by atoms with van der Waals surface area (Å²) in [5, 5.41) is 30.7. The van der Waals surface area contributed by atoms with Gasteiger partial charge >= 0.3 is 0 Å². The average molecular weight is 303 g/mol. The number of aliphatic hydroxyl groups excluding tert-OH is 1. The zero-order valence-electron chi connectivity index (χ0n) is 11.7. The van der Waals surface area contributed by atoms with Crippen LogP contribution in [0.3, 0.4) is 0 Å². The molecule has 0 bridgehead atoms. The molecule has 3 fully saturated rings. The van der Waals surface area contributed by atoms with Gasteiger partial charge in [0.25, 0.3) is 5.09 Å². The van der Waals surface area contributed by atoms with Crippen molar-refractivity contribution in [2.24, 2.45) is 5.92 Å². The first-order valence-electron chi connectivity index (χ1n) is 7.47. The molecule has 3 rings (SSSR count). The lowest BCUT2D eigenvalue weighted by Crippen LogP contribution is -2.57. The Morgan fingerprint density at radius 1 is 1.29 bits per heavy atom. The molecule has 3 aliphatic rings. The van der Waals surface area contributed by atoms with Crippen molar-refractivity contribution in [3.05, 3.63) is 10.1 Å². The second-order valence-corrected chi connectivity index (χ2v) is 6.24. The second-order valence-electron chi connectivity index (χ2n) is 6.24. The summed E-state index contributed by atoms with van der Waals surface area (Å²) < 4.78 is 10.9. The lowest BCUT2D eigenvalue weighted by Gasteiger charge is -2.39. The topological polar surface area (TPSA) is 111 Å². The largest absolute Gasteiger partial charge is 0.388 e. The summed E-state index contributed by atoms with van der Waals surface area (Å²) in [5.74, 6) is -0.0992. The van der Waals surface area contributed by atoms with Gasteiger partial charge in [-0.1, -0.05) is 19.3 Å². The SMILES string of the molecule is O=[N+]([O-])OC(C1CCCCC1)[C@]1(O)CO[C@@H]2[C@@H](O)CO[C@@H]21. The highest BCUT2D eigenvalue weighted by atomic mass is 17.0. The minimum atomic E-state index is -1.59. The monoisotopic (exact) mass is 303 g/mol. The van der Waals surface area contributed by atoms with Gasteiger partial charge < -0.3 is 24.5 Å². The van der Waals surface area contributed by atoms with Crippen molar-refractivity contribution in [3.8, 4) is 0 Å². The molecule has 8 heteroatoms. The van der Waals surface area contributed by atoms with Crippen LogP contribution in [0, 0.1) is 16.0 Å². The third kappa shape index (κ3) is 2.61. The van der Waals surface area contributed by atoms with Gasteiger partial charge in [0.15, 0.2) is 0 Å². The zero-order chi connectivity index (χ0) is 15.0. The van der Waals surface area contributed by atoms with Gasteiger partial charge in [0.1, 0.15) is 30.0 Å². The smallest absolute Gasteiger partial charge is 0.294 e. The normalized spacial score (nSPS) is 41.7. The van der Waals surface area contributed by atoms with Gasteiger partial charge in [-0.2, -0.15) is 0 Å². The first-order valence-corrected chi connectivity index (χ1v) is 7.47. The Bertz CT molecular complexity index is 400. The van der Waals surface area contributed by atoms with E-state index in [1.165, 1.54) is 0 Å². The molecule has 2 N–H and O–H groups in total. The lowest BCUT2D eigenvalue weighted by atomic mass is 9.76. The molecule has 0 aromatic heterocycles. The van der Waals surface area contributed by atoms with Crippen molar-refractivity contribution in [2.45, 2.75) is 62.1 Å². The molecule has 0 aromatic rings. The molecule has 2 saturated heterocycles. The Labute approximate surface area is 122 Å². The van der Waals surface area contributed by atoms with Gasteiger partial charge in [0.2, 0.25) is 0 Å². The molecule has 120 valence electrons. The van der Waals surface area contributed by atoms with Gasteiger partial charge in [-0.15, -0.1) is 10.1 Å². The minimum absolute atomic E-state index is 0.0630. The first kappa shape index (κ1) is 15.0. The number of fused-ring (bicyclic) bond motifs is 1. The molecule has 5 atom stereocenters. The number of rotatable bonds is 4. The molecule has 1 saturated carbocycles. The number of ether oxygens (including phenoxy) is 2. The Morgan fingerprint density at radius 2 is 2.00 bits per heavy atom. The van der Waals surface area contributed by atoms with Crippen molar-refractivity contribution in [3.63, 3.8) is 0 Å². The Balaban J connectivity index is 1.82. The van der Waals surface area contributed by atoms with Crippen LogP contribution >= 0.6 is 0 Å². The van der Waals surface area contributed by atoms with Crippen LogP contribution in [0.4, 0.5) is 0 Å². The van der Waals surface area contributed by atoms with E-state index in [2.05, 4.69) is 0 Å². The molecule has 0 aromatic carbocycles. The van der Waals surface area contributed by atoms with Gasteiger partial charge in [0.05, 0.1) is 13.2 Å². The number of hydrogen-bond acceptors (Lipinski definition) is 7. The molecular weight excluding hydrogens is 282 g/mol. The van der Waals surface area contributed by atoms with Crippen LogP contribution in [-0.2, 0) is 14.3 Å². The zero-order valence-corrected chi connectivity index (χ0v) is 11.7. The van der Waals surface area contributed by atoms with Crippen molar-refractivity contribution < 1.29 is 29.6 Å². The first-order chi connectivity index (χ1) is 10.0. The molecule has 2 heterocycles. The molecule has 0 amide bonds. The number of nitrogens with zero attached hydrogens (tertiary/aromatic N) is 1. The Morgan fingerprint density at radius 3 is 2.67 bits per heavy atom. The van der Waals surface area contributed by atoms with E-state index in [4.69, 9.17) is 14.3 Å². The van der Waals surface area contributed by atoms with E-state index >= 15 is 0 Å². The maximum atomic E-state index is 10.9. The molecule has 0 spiro atoms. The fraction of sp³-hybridized carbons (Fsp3) is 1.00. The van der Waals surface area contributed by atoms with E-state index in [0.717, 1.165) is 32.1 Å². The van der Waals surface area contributed by atoms with Crippen LogP contribution in [0.15, 0.2) is 0 Å². The van der Waals surface area contributed by atoms with Crippen LogP contribution in [-0.4, -0.2) is 58.5 Å². The second kappa shape index (κ2) is 5.68. The van der Waals surface area contributed by atoms with Crippen LogP contribution in [0.1, 0.15) is 32.1 Å². The summed E-state index contributed by atoms with van der Waals surface area (Å²) in [7, 11) is 0. The van der Waals surface area contributed by atoms with E-state index in [0.29, 0.717) is 0 Å². The predicted octanol–water partition coefficient (Wildman–Crippen LogP) is 0.0332. The average Bonchev–Trinajstić information content (AvgIpc) is 3.00. The van der Waals surface area contributed by atoms with E-state index in [-0.39, 0.29) is 19.1 Å². The van der Waals surface area contributed by atoms with E-state index in [1.807, 2.05) is 0 Å². The highest BCUT2D eigenvalue weighted by Gasteiger charge is 2.61. The van der Waals surface area contributed by atoms with Crippen molar-refractivity contribution in [2.75, 3.05) is 13.2 Å². The molecule has 0 radical (unpaired) electrons. The molecule has 2 aliphatic heterocycles. The van der Waals surface area contributed by atoms with Crippen LogP contribution < -0.4 is 0 Å². The summed E-state index contributed by atoms with van der Waals surface area (Å²) in [4.78, 5) is 15.7. The summed E-state index contributed by atoms with van der Waals surface area (Å²) in [5.41, 5.74) is -1.59. The van der Waals surface area contributed by atoms with Crippen molar-refractivity contribution in [1.29, 1.82) is 0 Å². The third-order valence-electron chi connectivity index (χ3n) is 4.89.